The van der Waals surface area contributed by atoms with Gasteiger partial charge in [0.1, 0.15) is 6.61 Å². The van der Waals surface area contributed by atoms with Crippen molar-refractivity contribution < 1.29 is 38.6 Å². The second-order valence-electron chi connectivity index (χ2n) is 10.8. The van der Waals surface area contributed by atoms with Crippen LogP contribution in [0.15, 0.2) is 30.3 Å². The van der Waals surface area contributed by atoms with E-state index in [2.05, 4.69) is 19.2 Å². The Morgan fingerprint density at radius 3 is 1.78 bits per heavy atom. The smallest absolute Gasteiger partial charge is 0.407 e. The highest BCUT2D eigenvalue weighted by Gasteiger charge is 2.67. The predicted molar refractivity (Wildman–Crippen MR) is 132 cm³/mol. The number of amides is 1. The molecule has 204 valence electrons. The minimum atomic E-state index is -0.717. The number of carbonyl (C=O) groups is 2. The SMILES string of the molecule is C.CCC12CC3(CC)CC(CCC(=O)O)(C1)CC(NC(=O)OCc1ccccc1)(C2)C3.O=C=O.O=C=O. The molecule has 4 fully saturated rings. The van der Waals surface area contributed by atoms with E-state index >= 15 is 0 Å². The second-order valence-corrected chi connectivity index (χ2v) is 10.8. The molecule has 0 saturated heterocycles. The average molecular weight is 518 g/mol. The van der Waals surface area contributed by atoms with E-state index in [9.17, 15) is 14.7 Å². The number of nitrogens with one attached hydrogen (secondary N) is 1. The standard InChI is InChI=1S/C25H35NO4.2CO2.CH4/c1-3-22-13-23(4-2)15-24(14-22,11-10-20(27)28)18-25(16-22,17-23)26-21(29)30-12-19-8-6-5-7-9-19;2*2-1-3;/h5-9H,3-4,10-18H2,1-2H3,(H,26,29)(H,27,28);;;1H4. The number of rotatable bonds is 8. The maximum atomic E-state index is 12.8. The Bertz CT molecular complexity index is 947. The minimum Gasteiger partial charge on any atom is -0.481 e. The van der Waals surface area contributed by atoms with Gasteiger partial charge in [-0.2, -0.15) is 19.2 Å². The number of ether oxygens (including phenoxy) is 1. The first kappa shape index (κ1) is 31.7. The molecule has 0 spiro atoms. The first-order valence-electron chi connectivity index (χ1n) is 12.3. The molecular formula is C28H39NO8. The summed E-state index contributed by atoms with van der Waals surface area (Å²) in [4.78, 5) is 56.7. The van der Waals surface area contributed by atoms with E-state index in [4.69, 9.17) is 23.9 Å². The number of hydrogen-bond donors (Lipinski definition) is 2. The van der Waals surface area contributed by atoms with Crippen molar-refractivity contribution in [3.63, 3.8) is 0 Å². The number of carboxylic acids is 1. The van der Waals surface area contributed by atoms with Crippen LogP contribution in [0.1, 0.15) is 91.0 Å². The lowest BCUT2D eigenvalue weighted by molar-refractivity contribution is -0.193. The topological polar surface area (TPSA) is 144 Å². The van der Waals surface area contributed by atoms with Gasteiger partial charge < -0.3 is 15.2 Å². The fourth-order valence-electron chi connectivity index (χ4n) is 7.79. The van der Waals surface area contributed by atoms with Crippen LogP contribution in [-0.2, 0) is 35.3 Å². The maximum Gasteiger partial charge on any atom is 0.407 e. The lowest BCUT2D eigenvalue weighted by Gasteiger charge is -2.71. The molecule has 2 unspecified atom stereocenters. The van der Waals surface area contributed by atoms with Gasteiger partial charge in [-0.1, -0.05) is 64.4 Å². The Labute approximate surface area is 218 Å². The van der Waals surface area contributed by atoms with Crippen molar-refractivity contribution >= 4 is 24.4 Å². The van der Waals surface area contributed by atoms with Gasteiger partial charge in [0, 0.05) is 12.0 Å². The van der Waals surface area contributed by atoms with Gasteiger partial charge in [-0.25, -0.2) is 4.79 Å². The third kappa shape index (κ3) is 7.85. The van der Waals surface area contributed by atoms with Crippen LogP contribution in [-0.4, -0.2) is 35.0 Å². The number of aliphatic carboxylic acids is 1. The molecule has 1 aromatic rings. The molecule has 37 heavy (non-hydrogen) atoms. The van der Waals surface area contributed by atoms with Gasteiger partial charge in [0.25, 0.3) is 0 Å². The van der Waals surface area contributed by atoms with Crippen molar-refractivity contribution in [2.75, 3.05) is 0 Å². The largest absolute Gasteiger partial charge is 0.481 e. The monoisotopic (exact) mass is 517 g/mol. The van der Waals surface area contributed by atoms with E-state index < -0.39 is 5.97 Å². The zero-order chi connectivity index (χ0) is 26.9. The van der Waals surface area contributed by atoms with Gasteiger partial charge in [-0.3, -0.25) is 4.79 Å². The zero-order valence-corrected chi connectivity index (χ0v) is 21.0. The predicted octanol–water partition coefficient (Wildman–Crippen LogP) is 5.15. The molecule has 4 bridgehead atoms. The molecule has 0 heterocycles. The van der Waals surface area contributed by atoms with Crippen molar-refractivity contribution in [1.82, 2.24) is 5.32 Å². The lowest BCUT2D eigenvalue weighted by Crippen LogP contribution is -2.69. The molecule has 2 N–H and O–H groups in total. The van der Waals surface area contributed by atoms with E-state index in [1.807, 2.05) is 30.3 Å². The summed E-state index contributed by atoms with van der Waals surface area (Å²) in [5.41, 5.74) is 1.14. The van der Waals surface area contributed by atoms with Gasteiger partial charge in [0.05, 0.1) is 0 Å². The minimum absolute atomic E-state index is 0. The maximum absolute atomic E-state index is 12.8. The van der Waals surface area contributed by atoms with Crippen molar-refractivity contribution in [3.05, 3.63) is 35.9 Å². The molecule has 1 aromatic carbocycles. The van der Waals surface area contributed by atoms with Gasteiger partial charge in [0.15, 0.2) is 0 Å². The second kappa shape index (κ2) is 13.3. The van der Waals surface area contributed by atoms with Crippen molar-refractivity contribution in [2.24, 2.45) is 16.2 Å². The summed E-state index contributed by atoms with van der Waals surface area (Å²) in [5.74, 6) is -0.717. The normalized spacial score (nSPS) is 30.0. The summed E-state index contributed by atoms with van der Waals surface area (Å²) < 4.78 is 5.59. The number of carbonyl (C=O) groups excluding carboxylic acids is 5. The molecule has 1 amide bonds. The Balaban J connectivity index is 0.000000894. The van der Waals surface area contributed by atoms with Gasteiger partial charge in [-0.15, -0.1) is 0 Å². The number of benzene rings is 1. The van der Waals surface area contributed by atoms with Crippen LogP contribution in [0.25, 0.3) is 0 Å². The molecule has 4 aliphatic rings. The summed E-state index contributed by atoms with van der Waals surface area (Å²) >= 11 is 0. The van der Waals surface area contributed by atoms with E-state index in [-0.39, 0.29) is 60.6 Å². The van der Waals surface area contributed by atoms with Crippen LogP contribution in [0.5, 0.6) is 0 Å². The Morgan fingerprint density at radius 1 is 0.865 bits per heavy atom. The van der Waals surface area contributed by atoms with Crippen LogP contribution in [0.2, 0.25) is 0 Å². The zero-order valence-electron chi connectivity index (χ0n) is 21.0. The molecule has 4 saturated carbocycles. The summed E-state index contributed by atoms with van der Waals surface area (Å²) in [6.45, 7) is 4.80. The highest BCUT2D eigenvalue weighted by molar-refractivity contribution is 5.69. The third-order valence-electron chi connectivity index (χ3n) is 8.34. The van der Waals surface area contributed by atoms with E-state index in [0.29, 0.717) is 6.42 Å². The highest BCUT2D eigenvalue weighted by Crippen LogP contribution is 2.73. The van der Waals surface area contributed by atoms with Crippen LogP contribution in [0, 0.1) is 16.2 Å². The lowest BCUT2D eigenvalue weighted by atomic mass is 9.36. The van der Waals surface area contributed by atoms with Gasteiger partial charge in [-0.05, 0) is 66.8 Å². The molecule has 9 heteroatoms. The molecule has 0 aliphatic heterocycles. The Hall–Kier alpha value is -3.28. The molecule has 0 radical (unpaired) electrons. The molecule has 2 atom stereocenters. The summed E-state index contributed by atoms with van der Waals surface area (Å²) in [6.07, 6.45) is 9.57. The van der Waals surface area contributed by atoms with Gasteiger partial charge >= 0.3 is 24.4 Å². The van der Waals surface area contributed by atoms with Crippen LogP contribution in [0.3, 0.4) is 0 Å². The van der Waals surface area contributed by atoms with Crippen molar-refractivity contribution in [3.8, 4) is 0 Å². The molecule has 0 aromatic heterocycles. The first-order chi connectivity index (χ1) is 17.1. The quantitative estimate of drug-likeness (QED) is 0.482. The molecular weight excluding hydrogens is 478 g/mol. The van der Waals surface area contributed by atoms with Crippen molar-refractivity contribution in [1.29, 1.82) is 0 Å². The Morgan fingerprint density at radius 2 is 1.32 bits per heavy atom. The fraction of sp³-hybridized carbons (Fsp3) is 0.643. The van der Waals surface area contributed by atoms with Gasteiger partial charge in [0.2, 0.25) is 0 Å². The summed E-state index contributed by atoms with van der Waals surface area (Å²) in [6, 6.07) is 9.74. The molecule has 9 nitrogen and oxygen atoms in total. The highest BCUT2D eigenvalue weighted by atomic mass is 16.5. The fourth-order valence-corrected chi connectivity index (χ4v) is 7.79. The average Bonchev–Trinajstić information content (AvgIpc) is 2.82. The van der Waals surface area contributed by atoms with Crippen LogP contribution >= 0.6 is 0 Å². The number of carboxylic acid groups (broad SMARTS) is 1. The van der Waals surface area contributed by atoms with E-state index in [0.717, 1.165) is 50.5 Å². The van der Waals surface area contributed by atoms with Crippen LogP contribution < -0.4 is 5.32 Å². The van der Waals surface area contributed by atoms with Crippen molar-refractivity contribution in [2.45, 2.75) is 97.6 Å². The Kier molecular flexibility index (Phi) is 11.4. The molecule has 5 rings (SSSR count). The number of alkyl carbamates (subject to hydrolysis) is 1. The number of hydrogen-bond acceptors (Lipinski definition) is 7. The summed E-state index contributed by atoms with van der Waals surface area (Å²) in [5, 5.41) is 12.7. The first-order valence-corrected chi connectivity index (χ1v) is 12.3. The third-order valence-corrected chi connectivity index (χ3v) is 8.34. The van der Waals surface area contributed by atoms with Crippen LogP contribution in [0.4, 0.5) is 4.79 Å². The molecule has 4 aliphatic carbocycles. The van der Waals surface area contributed by atoms with E-state index in [1.165, 1.54) is 6.42 Å². The summed E-state index contributed by atoms with van der Waals surface area (Å²) in [7, 11) is 0. The van der Waals surface area contributed by atoms with E-state index in [1.54, 1.807) is 0 Å².